The van der Waals surface area contributed by atoms with Crippen molar-refractivity contribution in [2.45, 2.75) is 64.8 Å². The van der Waals surface area contributed by atoms with E-state index >= 15 is 0 Å². The highest BCUT2D eigenvalue weighted by molar-refractivity contribution is 7.86. The second-order valence-electron chi connectivity index (χ2n) is 19.4. The lowest BCUT2D eigenvalue weighted by Gasteiger charge is -2.48. The SMILES string of the molecule is CC(Nc1ccccc1)C12CN(CCc3ccccc3)CCC1CN(Cc1ccccc1)C2.CC(OS(C)(=O)=O)C12CN(CCc3ccccc3)CCC1CN(Cc1ccccc1)C2. The van der Waals surface area contributed by atoms with E-state index in [4.69, 9.17) is 4.18 Å². The summed E-state index contributed by atoms with van der Waals surface area (Å²) in [4.78, 5) is 10.4. The van der Waals surface area contributed by atoms with E-state index in [1.807, 2.05) is 19.1 Å². The molecule has 1 N–H and O–H groups in total. The first kappa shape index (κ1) is 46.2. The van der Waals surface area contributed by atoms with Gasteiger partial charge in [0.2, 0.25) is 0 Å². The Morgan fingerprint density at radius 2 is 0.922 bits per heavy atom. The average molecular weight is 882 g/mol. The van der Waals surface area contributed by atoms with Gasteiger partial charge in [0.15, 0.2) is 0 Å². The van der Waals surface area contributed by atoms with Crippen LogP contribution in [-0.2, 0) is 40.2 Å². The Morgan fingerprint density at radius 1 is 0.547 bits per heavy atom. The van der Waals surface area contributed by atoms with Crippen LogP contribution in [0.4, 0.5) is 5.69 Å². The summed E-state index contributed by atoms with van der Waals surface area (Å²) in [6.07, 6.45) is 5.35. The van der Waals surface area contributed by atoms with Gasteiger partial charge >= 0.3 is 0 Å². The molecule has 6 atom stereocenters. The third-order valence-corrected chi connectivity index (χ3v) is 15.6. The van der Waals surface area contributed by atoms with E-state index in [0.717, 1.165) is 84.1 Å². The smallest absolute Gasteiger partial charge is 0.264 e. The van der Waals surface area contributed by atoms with Crippen molar-refractivity contribution in [1.82, 2.24) is 19.6 Å². The molecule has 4 aliphatic heterocycles. The Bertz CT molecular complexity index is 2270. The predicted octanol–water partition coefficient (Wildman–Crippen LogP) is 8.97. The monoisotopic (exact) mass is 882 g/mol. The Hall–Kier alpha value is -4.35. The summed E-state index contributed by atoms with van der Waals surface area (Å²) < 4.78 is 29.6. The fraction of sp³-hybridized carbons (Fsp3) is 0.455. The Labute approximate surface area is 384 Å². The number of benzene rings is 5. The van der Waals surface area contributed by atoms with E-state index in [1.165, 1.54) is 60.3 Å². The number of para-hydroxylation sites is 1. The zero-order chi connectivity index (χ0) is 44.4. The molecule has 5 aromatic rings. The molecule has 0 aromatic heterocycles. The molecule has 5 aromatic carbocycles. The molecule has 9 rings (SSSR count). The van der Waals surface area contributed by atoms with Gasteiger partial charge in [-0.3, -0.25) is 14.0 Å². The van der Waals surface area contributed by atoms with Gasteiger partial charge in [0.1, 0.15) is 0 Å². The summed E-state index contributed by atoms with van der Waals surface area (Å²) in [6, 6.07) is 54.2. The van der Waals surface area contributed by atoms with E-state index < -0.39 is 10.1 Å². The van der Waals surface area contributed by atoms with Crippen LogP contribution in [-0.4, -0.2) is 112 Å². The molecule has 0 bridgehead atoms. The van der Waals surface area contributed by atoms with Crippen LogP contribution in [0.3, 0.4) is 0 Å². The number of nitrogens with one attached hydrogen (secondary N) is 1. The van der Waals surface area contributed by atoms with Gasteiger partial charge in [0.05, 0.1) is 12.4 Å². The number of anilines is 1. The first-order valence-electron chi connectivity index (χ1n) is 23.8. The Kier molecular flexibility index (Phi) is 15.4. The van der Waals surface area contributed by atoms with E-state index in [1.54, 1.807) is 0 Å². The van der Waals surface area contributed by atoms with Gasteiger partial charge < -0.3 is 15.1 Å². The molecule has 340 valence electrons. The van der Waals surface area contributed by atoms with Crippen LogP contribution in [0.15, 0.2) is 152 Å². The van der Waals surface area contributed by atoms with Crippen molar-refractivity contribution in [2.24, 2.45) is 22.7 Å². The highest BCUT2D eigenvalue weighted by atomic mass is 32.2. The van der Waals surface area contributed by atoms with E-state index in [2.05, 4.69) is 171 Å². The molecule has 0 aliphatic carbocycles. The molecule has 64 heavy (non-hydrogen) atoms. The summed E-state index contributed by atoms with van der Waals surface area (Å²) >= 11 is 0. The maximum Gasteiger partial charge on any atom is 0.264 e. The second-order valence-corrected chi connectivity index (χ2v) is 21.0. The van der Waals surface area contributed by atoms with Gasteiger partial charge in [-0.2, -0.15) is 8.42 Å². The third-order valence-electron chi connectivity index (χ3n) is 15.0. The third kappa shape index (κ3) is 11.9. The highest BCUT2D eigenvalue weighted by Gasteiger charge is 2.54. The molecular formula is C55H71N5O3S. The molecule has 8 nitrogen and oxygen atoms in total. The fourth-order valence-electron chi connectivity index (χ4n) is 11.7. The standard InChI is InChI=1S/C30H37N3.C25H34N2O3S/c1-25(31-29-15-9-4-10-16-29)30-23-32(19-17-26-11-5-2-6-12-26)20-18-28(30)22-33(24-30)21-27-13-7-3-8-14-27;1-21(30-31(2,28)29)25-19-26(15-13-22-9-5-3-6-10-22)16-14-24(25)18-27(20-25)17-23-11-7-4-8-12-23/h2-16,25,28,31H,17-24H2,1H3;3-12,21,24H,13-20H2,1-2H3. The lowest BCUT2D eigenvalue weighted by atomic mass is 9.68. The molecule has 4 fully saturated rings. The summed E-state index contributed by atoms with van der Waals surface area (Å²) in [6.45, 7) is 17.0. The largest absolute Gasteiger partial charge is 0.382 e. The molecule has 4 heterocycles. The molecule has 4 saturated heterocycles. The van der Waals surface area contributed by atoms with Crippen LogP contribution in [0, 0.1) is 22.7 Å². The zero-order valence-corrected chi connectivity index (χ0v) is 39.3. The van der Waals surface area contributed by atoms with Gasteiger partial charge in [-0.15, -0.1) is 0 Å². The molecule has 9 heteroatoms. The van der Waals surface area contributed by atoms with E-state index in [-0.39, 0.29) is 16.9 Å². The second kappa shape index (κ2) is 21.3. The molecule has 0 spiro atoms. The van der Waals surface area contributed by atoms with Crippen molar-refractivity contribution in [3.63, 3.8) is 0 Å². The van der Waals surface area contributed by atoms with Crippen LogP contribution in [0.1, 0.15) is 48.9 Å². The summed E-state index contributed by atoms with van der Waals surface area (Å²) in [5.41, 5.74) is 6.84. The average Bonchev–Trinajstić information content (AvgIpc) is 3.87. The number of rotatable bonds is 16. The molecule has 0 saturated carbocycles. The van der Waals surface area contributed by atoms with Crippen molar-refractivity contribution in [2.75, 3.05) is 77.0 Å². The van der Waals surface area contributed by atoms with Gasteiger partial charge in [-0.05, 0) is 98.8 Å². The fourth-order valence-corrected chi connectivity index (χ4v) is 12.4. The quantitative estimate of drug-likeness (QED) is 0.0987. The van der Waals surface area contributed by atoms with Crippen molar-refractivity contribution < 1.29 is 12.6 Å². The number of nitrogens with zero attached hydrogens (tertiary/aromatic N) is 4. The summed E-state index contributed by atoms with van der Waals surface area (Å²) in [7, 11) is -3.50. The van der Waals surface area contributed by atoms with E-state index in [9.17, 15) is 8.42 Å². The molecule has 4 aliphatic rings. The topological polar surface area (TPSA) is 68.4 Å². The molecule has 0 radical (unpaired) electrons. The maximum atomic E-state index is 12.0. The minimum atomic E-state index is -3.50. The normalized spacial score (nSPS) is 25.1. The number of likely N-dealkylation sites (tertiary alicyclic amines) is 4. The lowest BCUT2D eigenvalue weighted by Crippen LogP contribution is -2.56. The zero-order valence-electron chi connectivity index (χ0n) is 38.5. The number of hydrogen-bond donors (Lipinski definition) is 1. The van der Waals surface area contributed by atoms with Crippen LogP contribution in [0.2, 0.25) is 0 Å². The highest BCUT2D eigenvalue weighted by Crippen LogP contribution is 2.48. The minimum absolute atomic E-state index is 0.174. The van der Waals surface area contributed by atoms with Crippen molar-refractivity contribution in [1.29, 1.82) is 0 Å². The van der Waals surface area contributed by atoms with Crippen LogP contribution >= 0.6 is 0 Å². The van der Waals surface area contributed by atoms with Gasteiger partial charge in [0.25, 0.3) is 10.1 Å². The van der Waals surface area contributed by atoms with E-state index in [0.29, 0.717) is 12.0 Å². The molecule has 0 amide bonds. The first-order chi connectivity index (χ1) is 31.0. The predicted molar refractivity (Wildman–Crippen MR) is 263 cm³/mol. The number of fused-ring (bicyclic) bond motifs is 2. The van der Waals surface area contributed by atoms with Crippen molar-refractivity contribution in [3.05, 3.63) is 174 Å². The van der Waals surface area contributed by atoms with Crippen LogP contribution < -0.4 is 5.32 Å². The molecule has 6 unspecified atom stereocenters. The lowest BCUT2D eigenvalue weighted by molar-refractivity contribution is -0.0240. The van der Waals surface area contributed by atoms with Crippen molar-refractivity contribution >= 4 is 15.8 Å². The Morgan fingerprint density at radius 3 is 1.38 bits per heavy atom. The van der Waals surface area contributed by atoms with Crippen LogP contribution in [0.25, 0.3) is 0 Å². The van der Waals surface area contributed by atoms with Gasteiger partial charge in [-0.1, -0.05) is 140 Å². The van der Waals surface area contributed by atoms with Gasteiger partial charge in [-0.25, -0.2) is 0 Å². The summed E-state index contributed by atoms with van der Waals surface area (Å²) in [5, 5.41) is 3.90. The number of hydrogen-bond acceptors (Lipinski definition) is 8. The maximum absolute atomic E-state index is 12.0. The first-order valence-corrected chi connectivity index (χ1v) is 25.6. The molecular weight excluding hydrogens is 811 g/mol. The van der Waals surface area contributed by atoms with Crippen LogP contribution in [0.5, 0.6) is 0 Å². The summed E-state index contributed by atoms with van der Waals surface area (Å²) in [5.74, 6) is 1.18. The Balaban J connectivity index is 0.000000175. The van der Waals surface area contributed by atoms with Gasteiger partial charge in [0, 0.05) is 88.0 Å². The number of piperidine rings is 2. The minimum Gasteiger partial charge on any atom is -0.382 e. The van der Waals surface area contributed by atoms with Crippen molar-refractivity contribution in [3.8, 4) is 0 Å².